The van der Waals surface area contributed by atoms with Crippen LogP contribution >= 0.6 is 0 Å². The number of carboxylic acid groups (broad SMARTS) is 1. The number of aliphatic hydroxyl groups excluding tert-OH is 4. The van der Waals surface area contributed by atoms with Gasteiger partial charge in [0.05, 0.1) is 25.1 Å². The van der Waals surface area contributed by atoms with Crippen LogP contribution in [0, 0.1) is 11.8 Å². The highest BCUT2D eigenvalue weighted by molar-refractivity contribution is 5.91. The van der Waals surface area contributed by atoms with Crippen molar-refractivity contribution in [1.29, 1.82) is 0 Å². The van der Waals surface area contributed by atoms with Crippen molar-refractivity contribution in [2.75, 3.05) is 6.61 Å². The number of hydrogen-bond donors (Lipinski definition) is 9. The Morgan fingerprint density at radius 2 is 1.20 bits per heavy atom. The van der Waals surface area contributed by atoms with Crippen molar-refractivity contribution in [3.63, 3.8) is 0 Å². The average molecular weight is 703 g/mol. The van der Waals surface area contributed by atoms with Gasteiger partial charge in [-0.05, 0) is 35.8 Å². The van der Waals surface area contributed by atoms with Crippen molar-refractivity contribution in [2.45, 2.75) is 96.0 Å². The van der Waals surface area contributed by atoms with E-state index in [0.717, 1.165) is 5.56 Å². The molecule has 0 aliphatic rings. The van der Waals surface area contributed by atoms with Crippen LogP contribution in [0.25, 0.3) is 0 Å². The molecule has 2 aromatic carbocycles. The van der Waals surface area contributed by atoms with Crippen LogP contribution in [0.4, 0.5) is 4.79 Å². The van der Waals surface area contributed by atoms with Gasteiger partial charge in [-0.2, -0.15) is 0 Å². The SMILES string of the molecule is CC(C)C[C@H](NC(=O)OCc1ccccc1)C(=O)N[C@@H](CC(C)C)C(=O)N[C@@H](CO)[C@@H](O)[C@@H](O)[C@H](O)C(=O)N[C@@H](CC(=O)O)c1ccccc1. The number of carbonyl (C=O) groups is 5. The molecule has 0 saturated heterocycles. The Morgan fingerprint density at radius 1 is 0.680 bits per heavy atom. The first-order chi connectivity index (χ1) is 23.6. The number of hydrogen-bond acceptors (Lipinski definition) is 10. The lowest BCUT2D eigenvalue weighted by Crippen LogP contribution is -2.60. The number of nitrogens with one attached hydrogen (secondary N) is 4. The highest BCUT2D eigenvalue weighted by Crippen LogP contribution is 2.18. The van der Waals surface area contributed by atoms with E-state index < -0.39 is 85.3 Å². The van der Waals surface area contributed by atoms with E-state index in [-0.39, 0.29) is 31.3 Å². The Labute approximate surface area is 291 Å². The summed E-state index contributed by atoms with van der Waals surface area (Å²) in [6, 6.07) is 12.0. The van der Waals surface area contributed by atoms with Crippen molar-refractivity contribution >= 4 is 29.8 Å². The van der Waals surface area contributed by atoms with Gasteiger partial charge in [-0.15, -0.1) is 0 Å². The predicted octanol–water partition coefficient (Wildman–Crippen LogP) is 0.750. The number of benzene rings is 2. The maximum Gasteiger partial charge on any atom is 0.408 e. The van der Waals surface area contributed by atoms with Crippen molar-refractivity contribution in [2.24, 2.45) is 11.8 Å². The van der Waals surface area contributed by atoms with Gasteiger partial charge in [-0.1, -0.05) is 88.4 Å². The van der Waals surface area contributed by atoms with Crippen LogP contribution in [0.15, 0.2) is 60.7 Å². The number of carboxylic acids is 1. The van der Waals surface area contributed by atoms with E-state index in [1.807, 2.05) is 19.9 Å². The third-order valence-corrected chi connectivity index (χ3v) is 7.64. The third-order valence-electron chi connectivity index (χ3n) is 7.64. The molecule has 0 aliphatic carbocycles. The van der Waals surface area contributed by atoms with E-state index in [9.17, 15) is 49.5 Å². The number of amides is 4. The first kappa shape index (κ1) is 41.6. The van der Waals surface area contributed by atoms with Gasteiger partial charge in [0.1, 0.15) is 30.9 Å². The summed E-state index contributed by atoms with van der Waals surface area (Å²) < 4.78 is 5.26. The minimum Gasteiger partial charge on any atom is -0.481 e. The van der Waals surface area contributed by atoms with E-state index in [1.165, 1.54) is 0 Å². The Bertz CT molecular complexity index is 1380. The molecule has 0 saturated carbocycles. The molecule has 0 unspecified atom stereocenters. The minimum atomic E-state index is -2.29. The van der Waals surface area contributed by atoms with Crippen LogP contribution in [-0.2, 0) is 30.5 Å². The molecule has 2 aromatic rings. The molecule has 0 aromatic heterocycles. The molecule has 4 amide bonds. The maximum absolute atomic E-state index is 13.4. The van der Waals surface area contributed by atoms with E-state index in [4.69, 9.17) is 4.74 Å². The van der Waals surface area contributed by atoms with Gasteiger partial charge in [0.15, 0.2) is 6.10 Å². The summed E-state index contributed by atoms with van der Waals surface area (Å²) in [5.74, 6) is -4.14. The molecule has 15 heteroatoms. The largest absolute Gasteiger partial charge is 0.481 e. The van der Waals surface area contributed by atoms with Crippen molar-refractivity contribution < 1.29 is 54.2 Å². The number of ether oxygens (including phenoxy) is 1. The Kier molecular flexibility index (Phi) is 17.3. The second kappa shape index (κ2) is 20.8. The quantitative estimate of drug-likeness (QED) is 0.0932. The third kappa shape index (κ3) is 14.1. The fourth-order valence-corrected chi connectivity index (χ4v) is 5.06. The first-order valence-corrected chi connectivity index (χ1v) is 16.4. The monoisotopic (exact) mass is 702 g/mol. The van der Waals surface area contributed by atoms with E-state index in [2.05, 4.69) is 21.3 Å². The molecular formula is C35H50N4O11. The molecule has 0 radical (unpaired) electrons. The van der Waals surface area contributed by atoms with Crippen LogP contribution in [0.2, 0.25) is 0 Å². The molecule has 15 nitrogen and oxygen atoms in total. The van der Waals surface area contributed by atoms with E-state index >= 15 is 0 Å². The zero-order valence-electron chi connectivity index (χ0n) is 28.7. The van der Waals surface area contributed by atoms with E-state index in [1.54, 1.807) is 68.4 Å². The molecule has 0 aliphatic heterocycles. The Hall–Kier alpha value is -4.57. The molecule has 0 fully saturated rings. The molecular weight excluding hydrogens is 652 g/mol. The van der Waals surface area contributed by atoms with Crippen LogP contribution < -0.4 is 21.3 Å². The Morgan fingerprint density at radius 3 is 1.72 bits per heavy atom. The Balaban J connectivity index is 2.11. The normalized spacial score (nSPS) is 15.5. The topological polar surface area (TPSA) is 244 Å². The molecule has 276 valence electrons. The van der Waals surface area contributed by atoms with Crippen molar-refractivity contribution in [3.05, 3.63) is 71.8 Å². The molecule has 7 atom stereocenters. The van der Waals surface area contributed by atoms with Crippen LogP contribution in [0.1, 0.15) is 64.1 Å². The second-order valence-corrected chi connectivity index (χ2v) is 12.9. The zero-order chi connectivity index (χ0) is 37.4. The van der Waals surface area contributed by atoms with Gasteiger partial charge in [0, 0.05) is 0 Å². The summed E-state index contributed by atoms with van der Waals surface area (Å²) >= 11 is 0. The maximum atomic E-state index is 13.4. The zero-order valence-corrected chi connectivity index (χ0v) is 28.7. The van der Waals surface area contributed by atoms with Gasteiger partial charge in [0.2, 0.25) is 11.8 Å². The molecule has 0 spiro atoms. The van der Waals surface area contributed by atoms with Gasteiger partial charge < -0.3 is 51.5 Å². The average Bonchev–Trinajstić information content (AvgIpc) is 3.07. The first-order valence-electron chi connectivity index (χ1n) is 16.4. The lowest BCUT2D eigenvalue weighted by Gasteiger charge is -2.31. The number of aliphatic hydroxyl groups is 4. The number of carbonyl (C=O) groups excluding carboxylic acids is 4. The minimum absolute atomic E-state index is 0.0237. The summed E-state index contributed by atoms with van der Waals surface area (Å²) in [5.41, 5.74) is 1.16. The second-order valence-electron chi connectivity index (χ2n) is 12.9. The van der Waals surface area contributed by atoms with Crippen LogP contribution in [-0.4, -0.2) is 98.4 Å². The van der Waals surface area contributed by atoms with Crippen LogP contribution in [0.5, 0.6) is 0 Å². The summed E-state index contributed by atoms with van der Waals surface area (Å²) in [4.78, 5) is 63.6. The summed E-state index contributed by atoms with van der Waals surface area (Å²) in [6.07, 6.45) is -7.65. The lowest BCUT2D eigenvalue weighted by molar-refractivity contribution is -0.145. The smallest absolute Gasteiger partial charge is 0.408 e. The summed E-state index contributed by atoms with van der Waals surface area (Å²) in [6.45, 7) is 6.32. The number of aliphatic carboxylic acids is 1. The fraction of sp³-hybridized carbons (Fsp3) is 0.514. The van der Waals surface area contributed by atoms with Crippen molar-refractivity contribution in [3.8, 4) is 0 Å². The van der Waals surface area contributed by atoms with Crippen molar-refractivity contribution in [1.82, 2.24) is 21.3 Å². The molecule has 50 heavy (non-hydrogen) atoms. The van der Waals surface area contributed by atoms with Gasteiger partial charge in [-0.3, -0.25) is 19.2 Å². The summed E-state index contributed by atoms with van der Waals surface area (Å²) in [5, 5.41) is 61.1. The van der Waals surface area contributed by atoms with Gasteiger partial charge >= 0.3 is 12.1 Å². The van der Waals surface area contributed by atoms with E-state index in [0.29, 0.717) is 5.56 Å². The lowest BCUT2D eigenvalue weighted by atomic mass is 9.97. The van der Waals surface area contributed by atoms with Gasteiger partial charge in [-0.25, -0.2) is 4.79 Å². The molecule has 0 bridgehead atoms. The standard InChI is InChI=1S/C35H50N4O11/c1-20(2)15-25(37-33(47)26(16-21(3)4)39-35(49)50-19-22-11-7-5-8-12-22)32(46)38-27(18-40)29(43)30(44)31(45)34(48)36-24(17-28(41)42)23-13-9-6-10-14-23/h5-14,20-21,24-27,29-31,40,43-45H,15-19H2,1-4H3,(H,36,48)(H,37,47)(H,38,46)(H,39,49)(H,41,42)/t24-,25-,26-,27-,29+,30+,31-/m0/s1. The predicted molar refractivity (Wildman–Crippen MR) is 181 cm³/mol. The van der Waals surface area contributed by atoms with Gasteiger partial charge in [0.25, 0.3) is 5.91 Å². The summed E-state index contributed by atoms with van der Waals surface area (Å²) in [7, 11) is 0. The van der Waals surface area contributed by atoms with Crippen LogP contribution in [0.3, 0.4) is 0 Å². The molecule has 9 N–H and O–H groups in total. The molecule has 2 rings (SSSR count). The molecule has 0 heterocycles. The number of alkyl carbamates (subject to hydrolysis) is 1. The highest BCUT2D eigenvalue weighted by atomic mass is 16.5. The fourth-order valence-electron chi connectivity index (χ4n) is 5.06. The number of rotatable bonds is 20. The highest BCUT2D eigenvalue weighted by Gasteiger charge is 2.38.